The van der Waals surface area contributed by atoms with Gasteiger partial charge < -0.3 is 15.3 Å². The molecule has 0 radical (unpaired) electrons. The molecular weight excluding hydrogens is 228 g/mol. The highest BCUT2D eigenvalue weighted by Gasteiger charge is 2.49. The van der Waals surface area contributed by atoms with Crippen LogP contribution in [-0.2, 0) is 0 Å². The van der Waals surface area contributed by atoms with E-state index in [1.807, 2.05) is 0 Å². The van der Waals surface area contributed by atoms with Crippen molar-refractivity contribution in [2.24, 2.45) is 10.8 Å². The van der Waals surface area contributed by atoms with Gasteiger partial charge in [-0.2, -0.15) is 0 Å². The van der Waals surface area contributed by atoms with Crippen LogP contribution in [0.3, 0.4) is 0 Å². The number of aliphatic hydroxyl groups excluding tert-OH is 3. The molecule has 0 rings (SSSR count). The fraction of sp³-hybridized carbons (Fsp3) is 0.600. The second-order valence-electron chi connectivity index (χ2n) is 4.50. The Morgan fingerprint density at radius 2 is 1.17 bits per heavy atom. The van der Waals surface area contributed by atoms with Gasteiger partial charge in [-0.15, -0.1) is 37.0 Å². The lowest BCUT2D eigenvalue weighted by Crippen LogP contribution is -2.50. The van der Waals surface area contributed by atoms with Crippen molar-refractivity contribution in [3.8, 4) is 37.0 Å². The van der Waals surface area contributed by atoms with E-state index >= 15 is 0 Å². The van der Waals surface area contributed by atoms with Crippen molar-refractivity contribution in [2.75, 3.05) is 19.8 Å². The first-order valence-corrected chi connectivity index (χ1v) is 5.75. The van der Waals surface area contributed by atoms with Gasteiger partial charge >= 0.3 is 0 Å². The minimum Gasteiger partial charge on any atom is -0.396 e. The lowest BCUT2D eigenvalue weighted by molar-refractivity contribution is -0.0938. The molecule has 0 aliphatic rings. The van der Waals surface area contributed by atoms with Gasteiger partial charge in [0.25, 0.3) is 0 Å². The molecule has 0 amide bonds. The van der Waals surface area contributed by atoms with Crippen molar-refractivity contribution in [1.82, 2.24) is 0 Å². The molecule has 0 aromatic carbocycles. The van der Waals surface area contributed by atoms with Gasteiger partial charge in [-0.3, -0.25) is 0 Å². The van der Waals surface area contributed by atoms with Crippen LogP contribution >= 0.6 is 0 Å². The fourth-order valence-electron chi connectivity index (χ4n) is 2.23. The maximum absolute atomic E-state index is 9.56. The average molecular weight is 248 g/mol. The predicted octanol–water partition coefficient (Wildman–Crippen LogP) is 0.396. The van der Waals surface area contributed by atoms with E-state index in [0.29, 0.717) is 12.8 Å². The van der Waals surface area contributed by atoms with Crippen molar-refractivity contribution in [3.63, 3.8) is 0 Å². The highest BCUT2D eigenvalue weighted by atomic mass is 16.3. The van der Waals surface area contributed by atoms with Crippen molar-refractivity contribution >= 4 is 0 Å². The molecule has 3 nitrogen and oxygen atoms in total. The van der Waals surface area contributed by atoms with Crippen LogP contribution in [0.25, 0.3) is 0 Å². The topological polar surface area (TPSA) is 60.7 Å². The number of hydrogen-bond acceptors (Lipinski definition) is 3. The lowest BCUT2D eigenvalue weighted by Gasteiger charge is -2.46. The monoisotopic (exact) mass is 248 g/mol. The summed E-state index contributed by atoms with van der Waals surface area (Å²) >= 11 is 0. The van der Waals surface area contributed by atoms with E-state index in [1.165, 1.54) is 0 Å². The van der Waals surface area contributed by atoms with Gasteiger partial charge in [0.05, 0.1) is 19.8 Å². The van der Waals surface area contributed by atoms with Gasteiger partial charge in [-0.05, 0) is 6.42 Å². The van der Waals surface area contributed by atoms with Crippen LogP contribution in [0.4, 0.5) is 0 Å². The molecule has 0 saturated heterocycles. The van der Waals surface area contributed by atoms with E-state index < -0.39 is 30.7 Å². The maximum atomic E-state index is 9.56. The normalized spacial score (nSPS) is 11.3. The van der Waals surface area contributed by atoms with E-state index in [9.17, 15) is 15.3 Å². The Morgan fingerprint density at radius 3 is 1.44 bits per heavy atom. The van der Waals surface area contributed by atoms with Crippen molar-refractivity contribution in [2.45, 2.75) is 25.7 Å². The van der Waals surface area contributed by atoms with Crippen LogP contribution in [-0.4, -0.2) is 35.1 Å². The lowest BCUT2D eigenvalue weighted by atomic mass is 9.58. The van der Waals surface area contributed by atoms with E-state index in [0.717, 1.165) is 0 Å². The molecule has 0 fully saturated rings. The molecule has 0 saturated carbocycles. The second kappa shape index (κ2) is 7.80. The first-order chi connectivity index (χ1) is 8.61. The molecule has 0 heterocycles. The highest BCUT2D eigenvalue weighted by Crippen LogP contribution is 2.48. The largest absolute Gasteiger partial charge is 0.396 e. The van der Waals surface area contributed by atoms with Crippen LogP contribution in [0.2, 0.25) is 0 Å². The molecule has 0 atom stereocenters. The molecule has 3 heteroatoms. The van der Waals surface area contributed by atoms with Gasteiger partial charge in [-0.25, -0.2) is 0 Å². The third-order valence-corrected chi connectivity index (χ3v) is 3.66. The minimum atomic E-state index is -1.12. The summed E-state index contributed by atoms with van der Waals surface area (Å²) in [6.07, 6.45) is 17.4. The number of terminal acetylenes is 3. The molecule has 0 aromatic heterocycles. The summed E-state index contributed by atoms with van der Waals surface area (Å²) in [4.78, 5) is 0. The van der Waals surface area contributed by atoms with E-state index in [2.05, 4.69) is 17.8 Å². The Bertz CT molecular complexity index is 336. The van der Waals surface area contributed by atoms with Gasteiger partial charge in [0, 0.05) is 30.1 Å². The van der Waals surface area contributed by atoms with Crippen molar-refractivity contribution in [3.05, 3.63) is 0 Å². The number of hydrogen-bond donors (Lipinski definition) is 3. The summed E-state index contributed by atoms with van der Waals surface area (Å²) in [6.45, 7) is -1.18. The molecule has 3 N–H and O–H groups in total. The zero-order valence-electron chi connectivity index (χ0n) is 10.5. The van der Waals surface area contributed by atoms with Gasteiger partial charge in [-0.1, -0.05) is 0 Å². The summed E-state index contributed by atoms with van der Waals surface area (Å²) in [5.41, 5.74) is -1.87. The van der Waals surface area contributed by atoms with E-state index in [1.54, 1.807) is 0 Å². The highest BCUT2D eigenvalue weighted by molar-refractivity contribution is 5.10. The zero-order valence-corrected chi connectivity index (χ0v) is 10.5. The summed E-state index contributed by atoms with van der Waals surface area (Å²) < 4.78 is 0. The molecule has 0 bridgehead atoms. The predicted molar refractivity (Wildman–Crippen MR) is 71.1 cm³/mol. The molecule has 18 heavy (non-hydrogen) atoms. The maximum Gasteiger partial charge on any atom is 0.0537 e. The van der Waals surface area contributed by atoms with Crippen LogP contribution < -0.4 is 0 Å². The average Bonchev–Trinajstić information content (AvgIpc) is 2.39. The molecule has 98 valence electrons. The molecule has 0 aromatic rings. The number of rotatable bonds is 8. The number of aliphatic hydroxyl groups is 3. The standard InChI is InChI=1S/C15H20O3/c1-4-7-10-14(8-5-2,9-6-3)15(11-16,12-17)13-18/h1-3,16-18H,7-13H2. The van der Waals surface area contributed by atoms with Gasteiger partial charge in [0.1, 0.15) is 0 Å². The SMILES string of the molecule is C#CCCC(CC#C)(CC#C)C(CO)(CO)CO. The molecule has 0 aliphatic carbocycles. The van der Waals surface area contributed by atoms with Crippen LogP contribution in [0.5, 0.6) is 0 Å². The fourth-order valence-corrected chi connectivity index (χ4v) is 2.23. The summed E-state index contributed by atoms with van der Waals surface area (Å²) in [5, 5.41) is 28.7. The van der Waals surface area contributed by atoms with E-state index in [-0.39, 0.29) is 12.8 Å². The van der Waals surface area contributed by atoms with Crippen LogP contribution in [0.1, 0.15) is 25.7 Å². The first kappa shape index (κ1) is 16.6. The van der Waals surface area contributed by atoms with Crippen molar-refractivity contribution in [1.29, 1.82) is 0 Å². The molecule has 0 aliphatic heterocycles. The van der Waals surface area contributed by atoms with E-state index in [4.69, 9.17) is 19.3 Å². The van der Waals surface area contributed by atoms with Crippen LogP contribution in [0.15, 0.2) is 0 Å². The Hall–Kier alpha value is -1.44. The Balaban J connectivity index is 5.58. The molecular formula is C15H20O3. The summed E-state index contributed by atoms with van der Waals surface area (Å²) in [5.74, 6) is 7.53. The van der Waals surface area contributed by atoms with Gasteiger partial charge in [0.15, 0.2) is 0 Å². The summed E-state index contributed by atoms with van der Waals surface area (Å²) in [6, 6.07) is 0. The zero-order chi connectivity index (χ0) is 14.1. The second-order valence-corrected chi connectivity index (χ2v) is 4.50. The van der Waals surface area contributed by atoms with Crippen molar-refractivity contribution < 1.29 is 15.3 Å². The third-order valence-electron chi connectivity index (χ3n) is 3.66. The summed E-state index contributed by atoms with van der Waals surface area (Å²) in [7, 11) is 0. The third kappa shape index (κ3) is 3.06. The minimum absolute atomic E-state index is 0.251. The Labute approximate surface area is 109 Å². The Morgan fingerprint density at radius 1 is 0.722 bits per heavy atom. The first-order valence-electron chi connectivity index (χ1n) is 5.75. The van der Waals surface area contributed by atoms with Crippen LogP contribution in [0, 0.1) is 47.9 Å². The molecule has 0 unspecified atom stereocenters. The smallest absolute Gasteiger partial charge is 0.0537 e. The van der Waals surface area contributed by atoms with Gasteiger partial charge in [0.2, 0.25) is 0 Å². The quantitative estimate of drug-likeness (QED) is 0.545. The molecule has 0 spiro atoms. The Kier molecular flexibility index (Phi) is 7.18.